The largest absolute Gasteiger partial charge is 0.311 e. The van der Waals surface area contributed by atoms with Gasteiger partial charge >= 0.3 is 0 Å². The molecule has 0 bridgehead atoms. The third-order valence-electron chi connectivity index (χ3n) is 21.2. The standard InChI is InChI=1S/C102H69BN2/c1-11-32-70(33-12-1)80-54-56-96-94(66-80)103-95-67-81(71-34-13-2-14-35-71)55-57-97(95)105(102-92(78-48-27-9-28-49-78)64-87(65-93(102)79-50-29-10-30-51-79)86-60-82(72-36-15-3-16-37-72)58-83(61-86)73-38-17-4-18-39-73)99-53-31-52-98(101(99)103)104(96)89-68-90(76-44-23-7-24-45-76)100(91(69-89)77-46-25-8-26-47-77)88-62-84(74-40-19-5-20-41-74)59-85(63-88)75-42-21-6-22-43-75/h1-69H. The summed E-state index contributed by atoms with van der Waals surface area (Å²) in [6, 6.07) is 155. The summed E-state index contributed by atoms with van der Waals surface area (Å²) in [5.74, 6) is 0. The lowest BCUT2D eigenvalue weighted by atomic mass is 9.33. The fourth-order valence-corrected chi connectivity index (χ4v) is 16.3. The molecule has 0 fully saturated rings. The van der Waals surface area contributed by atoms with E-state index in [2.05, 4.69) is 428 Å². The molecule has 0 aromatic heterocycles. The minimum atomic E-state index is -0.212. The molecule has 17 aromatic carbocycles. The molecule has 0 N–H and O–H groups in total. The van der Waals surface area contributed by atoms with Crippen LogP contribution in [-0.2, 0) is 0 Å². The van der Waals surface area contributed by atoms with Crippen molar-refractivity contribution < 1.29 is 0 Å². The second-order valence-electron chi connectivity index (χ2n) is 27.5. The van der Waals surface area contributed by atoms with Crippen molar-refractivity contribution in [2.75, 3.05) is 9.80 Å². The molecule has 17 aromatic rings. The molecule has 3 heteroatoms. The zero-order valence-corrected chi connectivity index (χ0v) is 57.8. The molecule has 0 saturated carbocycles. The van der Waals surface area contributed by atoms with E-state index in [-0.39, 0.29) is 6.71 Å². The third kappa shape index (κ3) is 11.6. The van der Waals surface area contributed by atoms with E-state index in [0.29, 0.717) is 0 Å². The molecule has 0 spiro atoms. The lowest BCUT2D eigenvalue weighted by Crippen LogP contribution is -2.61. The van der Waals surface area contributed by atoms with Gasteiger partial charge in [-0.15, -0.1) is 0 Å². The smallest absolute Gasteiger partial charge is 0.252 e. The Bertz CT molecular complexity index is 5800. The van der Waals surface area contributed by atoms with Crippen LogP contribution in [0.5, 0.6) is 0 Å². The Labute approximate surface area is 615 Å². The molecule has 0 aliphatic carbocycles. The Kier molecular flexibility index (Phi) is 16.1. The van der Waals surface area contributed by atoms with E-state index < -0.39 is 0 Å². The number of benzene rings is 17. The maximum Gasteiger partial charge on any atom is 0.252 e. The van der Waals surface area contributed by atoms with Gasteiger partial charge in [0.1, 0.15) is 0 Å². The van der Waals surface area contributed by atoms with Gasteiger partial charge in [0.25, 0.3) is 6.71 Å². The van der Waals surface area contributed by atoms with Crippen molar-refractivity contribution in [1.29, 1.82) is 0 Å². The van der Waals surface area contributed by atoms with Gasteiger partial charge in [0.05, 0.1) is 5.69 Å². The van der Waals surface area contributed by atoms with Crippen LogP contribution in [0.25, 0.3) is 134 Å². The quantitative estimate of drug-likeness (QED) is 0.100. The first-order valence-corrected chi connectivity index (χ1v) is 36.3. The van der Waals surface area contributed by atoms with Crippen LogP contribution in [-0.4, -0.2) is 6.71 Å². The number of fused-ring (bicyclic) bond motifs is 4. The number of hydrogen-bond acceptors (Lipinski definition) is 2. The van der Waals surface area contributed by atoms with Crippen molar-refractivity contribution in [3.8, 4) is 134 Å². The van der Waals surface area contributed by atoms with Gasteiger partial charge in [-0.2, -0.15) is 0 Å². The van der Waals surface area contributed by atoms with Crippen molar-refractivity contribution in [3.05, 3.63) is 419 Å². The summed E-state index contributed by atoms with van der Waals surface area (Å²) in [5, 5.41) is 0. The van der Waals surface area contributed by atoms with Crippen LogP contribution in [0.3, 0.4) is 0 Å². The highest BCUT2D eigenvalue weighted by molar-refractivity contribution is 7.00. The van der Waals surface area contributed by atoms with Crippen molar-refractivity contribution in [3.63, 3.8) is 0 Å². The zero-order valence-electron chi connectivity index (χ0n) is 57.8. The van der Waals surface area contributed by atoms with Gasteiger partial charge in [-0.05, 0) is 224 Å². The van der Waals surface area contributed by atoms with Gasteiger partial charge in [-0.1, -0.05) is 334 Å². The average molecular weight is 1330 g/mol. The van der Waals surface area contributed by atoms with Crippen LogP contribution in [0.2, 0.25) is 0 Å². The monoisotopic (exact) mass is 1330 g/mol. The minimum absolute atomic E-state index is 0.212. The van der Waals surface area contributed by atoms with E-state index in [0.717, 1.165) is 134 Å². The Hall–Kier alpha value is -13.6. The first kappa shape index (κ1) is 62.4. The van der Waals surface area contributed by atoms with Gasteiger partial charge in [-0.3, -0.25) is 0 Å². The van der Waals surface area contributed by atoms with Crippen molar-refractivity contribution >= 4 is 57.2 Å². The molecule has 2 aliphatic rings. The lowest BCUT2D eigenvalue weighted by molar-refractivity contribution is 1.25. The highest BCUT2D eigenvalue weighted by atomic mass is 15.2. The molecule has 2 nitrogen and oxygen atoms in total. The SMILES string of the molecule is c1ccc(-c2cc(-c3ccccc3)cc(-c3cc(-c4ccccc4)c(N4c5ccc(-c6ccccc6)cc5B5c6cc(-c7ccccc7)ccc6N(c6cc(-c7ccccc7)c(-c7cc(-c8ccccc8)cc(-c8ccccc8)c7)c(-c7ccccc7)c6)c6cccc4c65)c(-c4ccccc4)c3)c2)cc1. The normalized spacial score (nSPS) is 11.9. The molecule has 19 rings (SSSR count). The summed E-state index contributed by atoms with van der Waals surface area (Å²) in [4.78, 5) is 5.25. The van der Waals surface area contributed by atoms with E-state index in [1.165, 1.54) is 49.8 Å². The Morgan fingerprint density at radius 3 is 0.771 bits per heavy atom. The minimum Gasteiger partial charge on any atom is -0.311 e. The summed E-state index contributed by atoms with van der Waals surface area (Å²) in [5.41, 5.74) is 37.9. The third-order valence-corrected chi connectivity index (χ3v) is 21.2. The first-order valence-electron chi connectivity index (χ1n) is 36.3. The molecular formula is C102H69BN2. The summed E-state index contributed by atoms with van der Waals surface area (Å²) in [6.07, 6.45) is 0. The molecule has 0 amide bonds. The van der Waals surface area contributed by atoms with E-state index in [1.807, 2.05) is 0 Å². The molecule has 105 heavy (non-hydrogen) atoms. The van der Waals surface area contributed by atoms with Crippen LogP contribution in [0.15, 0.2) is 419 Å². The van der Waals surface area contributed by atoms with E-state index in [4.69, 9.17) is 0 Å². The maximum absolute atomic E-state index is 2.64. The fraction of sp³-hybridized carbons (Fsp3) is 0. The molecule has 0 saturated heterocycles. The van der Waals surface area contributed by atoms with Gasteiger partial charge in [0.2, 0.25) is 0 Å². The van der Waals surface area contributed by atoms with Crippen LogP contribution in [0.1, 0.15) is 0 Å². The highest BCUT2D eigenvalue weighted by Gasteiger charge is 2.45. The zero-order chi connectivity index (χ0) is 69.6. The van der Waals surface area contributed by atoms with E-state index in [1.54, 1.807) is 0 Å². The van der Waals surface area contributed by atoms with Crippen LogP contribution >= 0.6 is 0 Å². The van der Waals surface area contributed by atoms with Crippen LogP contribution in [0.4, 0.5) is 34.1 Å². The van der Waals surface area contributed by atoms with E-state index in [9.17, 15) is 0 Å². The summed E-state index contributed by atoms with van der Waals surface area (Å²) in [6.45, 7) is -0.212. The Morgan fingerprint density at radius 2 is 0.429 bits per heavy atom. The van der Waals surface area contributed by atoms with Crippen LogP contribution < -0.4 is 26.2 Å². The molecule has 2 aliphatic heterocycles. The summed E-state index contributed by atoms with van der Waals surface area (Å²) >= 11 is 0. The van der Waals surface area contributed by atoms with Gasteiger partial charge in [-0.25, -0.2) is 0 Å². The van der Waals surface area contributed by atoms with Crippen molar-refractivity contribution in [1.82, 2.24) is 0 Å². The predicted octanol–water partition coefficient (Wildman–Crippen LogP) is 25.8. The molecule has 0 radical (unpaired) electrons. The summed E-state index contributed by atoms with van der Waals surface area (Å²) in [7, 11) is 0. The topological polar surface area (TPSA) is 6.48 Å². The Morgan fingerprint density at radius 1 is 0.162 bits per heavy atom. The van der Waals surface area contributed by atoms with Gasteiger partial charge < -0.3 is 9.80 Å². The second kappa shape index (κ2) is 27.1. The number of hydrogen-bond donors (Lipinski definition) is 0. The second-order valence-corrected chi connectivity index (χ2v) is 27.5. The Balaban J connectivity index is 0.911. The predicted molar refractivity (Wildman–Crippen MR) is 446 cm³/mol. The van der Waals surface area contributed by atoms with Gasteiger partial charge in [0, 0.05) is 39.6 Å². The van der Waals surface area contributed by atoms with Gasteiger partial charge in [0.15, 0.2) is 0 Å². The number of nitrogens with zero attached hydrogens (tertiary/aromatic N) is 2. The lowest BCUT2D eigenvalue weighted by Gasteiger charge is -2.45. The molecule has 490 valence electrons. The van der Waals surface area contributed by atoms with E-state index >= 15 is 0 Å². The van der Waals surface area contributed by atoms with Crippen LogP contribution in [0, 0.1) is 0 Å². The first-order chi connectivity index (χ1) is 52.1. The van der Waals surface area contributed by atoms with Crippen molar-refractivity contribution in [2.45, 2.75) is 0 Å². The highest BCUT2D eigenvalue weighted by Crippen LogP contribution is 2.54. The summed E-state index contributed by atoms with van der Waals surface area (Å²) < 4.78 is 0. The molecular weight excluding hydrogens is 1260 g/mol. The fourth-order valence-electron chi connectivity index (χ4n) is 16.3. The average Bonchev–Trinajstić information content (AvgIpc) is 0.692. The number of anilines is 6. The molecule has 0 unspecified atom stereocenters. The molecule has 0 atom stereocenters. The van der Waals surface area contributed by atoms with Crippen molar-refractivity contribution in [2.24, 2.45) is 0 Å². The maximum atomic E-state index is 2.64. The molecule has 2 heterocycles. The number of rotatable bonds is 14.